The van der Waals surface area contributed by atoms with Gasteiger partial charge in [0.2, 0.25) is 0 Å². The van der Waals surface area contributed by atoms with Crippen LogP contribution in [0.25, 0.3) is 0 Å². The highest BCUT2D eigenvalue weighted by atomic mass is 32.2. The zero-order chi connectivity index (χ0) is 18.7. The number of carboxylic acid groups (broad SMARTS) is 1. The van der Waals surface area contributed by atoms with Crippen LogP contribution in [0.1, 0.15) is 43.5 Å². The van der Waals surface area contributed by atoms with Crippen molar-refractivity contribution in [2.45, 2.75) is 49.4 Å². The third-order valence-corrected chi connectivity index (χ3v) is 6.31. The van der Waals surface area contributed by atoms with E-state index in [1.165, 1.54) is 0 Å². The lowest BCUT2D eigenvalue weighted by molar-refractivity contribution is -0.145. The van der Waals surface area contributed by atoms with Crippen LogP contribution in [0.3, 0.4) is 0 Å². The summed E-state index contributed by atoms with van der Waals surface area (Å²) in [5.41, 5.74) is 0.769. The second-order valence-corrected chi connectivity index (χ2v) is 8.98. The molecule has 2 fully saturated rings. The normalized spacial score (nSPS) is 24.2. The Bertz CT molecular complexity index is 655. The van der Waals surface area contributed by atoms with E-state index < -0.39 is 11.9 Å². The van der Waals surface area contributed by atoms with E-state index >= 15 is 0 Å². The quantitative estimate of drug-likeness (QED) is 0.795. The molecule has 2 saturated heterocycles. The maximum Gasteiger partial charge on any atom is 0.309 e. The molecule has 6 heteroatoms. The van der Waals surface area contributed by atoms with Gasteiger partial charge in [-0.25, -0.2) is 0 Å². The summed E-state index contributed by atoms with van der Waals surface area (Å²) < 4.78 is 5.72. The fourth-order valence-electron chi connectivity index (χ4n) is 3.94. The Morgan fingerprint density at radius 1 is 1.19 bits per heavy atom. The van der Waals surface area contributed by atoms with E-state index in [-0.39, 0.29) is 17.9 Å². The Balaban J connectivity index is 1.63. The van der Waals surface area contributed by atoms with Crippen molar-refractivity contribution in [3.05, 3.63) is 29.8 Å². The van der Waals surface area contributed by atoms with Crippen molar-refractivity contribution in [1.29, 1.82) is 0 Å². The number of piperidine rings is 1. The zero-order valence-electron chi connectivity index (χ0n) is 15.4. The lowest BCUT2D eigenvalue weighted by Crippen LogP contribution is -2.43. The average Bonchev–Trinajstić information content (AvgIpc) is 3.11. The number of carbonyl (C=O) groups is 2. The first-order chi connectivity index (χ1) is 12.5. The highest BCUT2D eigenvalue weighted by Crippen LogP contribution is 2.34. The SMILES string of the molecule is CC(C)Sc1ccccc1C(=O)N1CCC([C@@H]2OCCC2C(=O)O)CC1. The number of amides is 1. The van der Waals surface area contributed by atoms with Gasteiger partial charge in [0.25, 0.3) is 5.91 Å². The summed E-state index contributed by atoms with van der Waals surface area (Å²) in [6, 6.07) is 7.79. The van der Waals surface area contributed by atoms with E-state index in [9.17, 15) is 14.7 Å². The van der Waals surface area contributed by atoms with Gasteiger partial charge in [0.15, 0.2) is 0 Å². The molecule has 0 bridgehead atoms. The van der Waals surface area contributed by atoms with Gasteiger partial charge in [-0.1, -0.05) is 26.0 Å². The van der Waals surface area contributed by atoms with Crippen LogP contribution in [0.5, 0.6) is 0 Å². The first-order valence-electron chi connectivity index (χ1n) is 9.36. The Hall–Kier alpha value is -1.53. The van der Waals surface area contributed by atoms with Crippen LogP contribution >= 0.6 is 11.8 Å². The molecule has 2 heterocycles. The molecule has 0 aliphatic carbocycles. The minimum atomic E-state index is -0.759. The number of carbonyl (C=O) groups excluding carboxylic acids is 1. The molecular formula is C20H27NO4S. The van der Waals surface area contributed by atoms with Gasteiger partial charge < -0.3 is 14.7 Å². The molecule has 0 aromatic heterocycles. The van der Waals surface area contributed by atoms with Gasteiger partial charge in [-0.05, 0) is 37.3 Å². The van der Waals surface area contributed by atoms with Gasteiger partial charge in [-0.15, -0.1) is 11.8 Å². The molecule has 0 spiro atoms. The number of aliphatic carboxylic acids is 1. The van der Waals surface area contributed by atoms with Gasteiger partial charge in [0.05, 0.1) is 17.6 Å². The minimum absolute atomic E-state index is 0.0781. The first-order valence-corrected chi connectivity index (χ1v) is 10.2. The predicted octanol–water partition coefficient (Wildman–Crippen LogP) is 3.53. The number of hydrogen-bond donors (Lipinski definition) is 1. The molecule has 0 saturated carbocycles. The zero-order valence-corrected chi connectivity index (χ0v) is 16.2. The van der Waals surface area contributed by atoms with Crippen molar-refractivity contribution in [3.63, 3.8) is 0 Å². The summed E-state index contributed by atoms with van der Waals surface area (Å²) in [7, 11) is 0. The van der Waals surface area contributed by atoms with Crippen LogP contribution in [0.2, 0.25) is 0 Å². The number of thioether (sulfide) groups is 1. The Labute approximate surface area is 159 Å². The number of likely N-dealkylation sites (tertiary alicyclic amines) is 1. The average molecular weight is 378 g/mol. The molecule has 142 valence electrons. The third kappa shape index (κ3) is 4.23. The second kappa shape index (κ2) is 8.44. The third-order valence-electron chi connectivity index (χ3n) is 5.22. The smallest absolute Gasteiger partial charge is 0.309 e. The summed E-state index contributed by atoms with van der Waals surface area (Å²) in [4.78, 5) is 27.3. The molecular weight excluding hydrogens is 350 g/mol. The molecule has 2 aliphatic heterocycles. The van der Waals surface area contributed by atoms with Crippen molar-refractivity contribution in [2.24, 2.45) is 11.8 Å². The Kier molecular flexibility index (Phi) is 6.24. The fraction of sp³-hybridized carbons (Fsp3) is 0.600. The Morgan fingerprint density at radius 2 is 1.88 bits per heavy atom. The number of benzene rings is 1. The lowest BCUT2D eigenvalue weighted by atomic mass is 9.84. The molecule has 3 rings (SSSR count). The van der Waals surface area contributed by atoms with Crippen molar-refractivity contribution in [3.8, 4) is 0 Å². The maximum atomic E-state index is 13.0. The largest absolute Gasteiger partial charge is 0.481 e. The second-order valence-electron chi connectivity index (χ2n) is 7.36. The predicted molar refractivity (Wildman–Crippen MR) is 102 cm³/mol. The van der Waals surface area contributed by atoms with Gasteiger partial charge in [-0.2, -0.15) is 0 Å². The standard InChI is InChI=1S/C20H27NO4S/c1-13(2)26-17-6-4-3-5-15(17)19(22)21-10-7-14(8-11-21)18-16(20(23)24)9-12-25-18/h3-6,13-14,16,18H,7-12H2,1-2H3,(H,23,24)/t16?,18-/m0/s1. The van der Waals surface area contributed by atoms with Crippen LogP contribution in [0.15, 0.2) is 29.2 Å². The molecule has 1 amide bonds. The molecule has 1 aromatic rings. The van der Waals surface area contributed by atoms with E-state index in [0.717, 1.165) is 23.3 Å². The first kappa shape index (κ1) is 19.2. The monoisotopic (exact) mass is 377 g/mol. The summed E-state index contributed by atoms with van der Waals surface area (Å²) in [5.74, 6) is -0.853. The lowest BCUT2D eigenvalue weighted by Gasteiger charge is -2.35. The molecule has 1 N–H and O–H groups in total. The van der Waals surface area contributed by atoms with E-state index in [4.69, 9.17) is 4.74 Å². The van der Waals surface area contributed by atoms with Crippen molar-refractivity contribution < 1.29 is 19.4 Å². The molecule has 0 radical (unpaired) electrons. The van der Waals surface area contributed by atoms with Crippen molar-refractivity contribution in [2.75, 3.05) is 19.7 Å². The van der Waals surface area contributed by atoms with E-state index in [1.807, 2.05) is 29.2 Å². The van der Waals surface area contributed by atoms with Gasteiger partial charge in [-0.3, -0.25) is 9.59 Å². The number of rotatable bonds is 5. The summed E-state index contributed by atoms with van der Waals surface area (Å²) in [6.45, 7) is 6.10. The van der Waals surface area contributed by atoms with Gasteiger partial charge >= 0.3 is 5.97 Å². The summed E-state index contributed by atoms with van der Waals surface area (Å²) in [5, 5.41) is 9.78. The van der Waals surface area contributed by atoms with Gasteiger partial charge in [0, 0.05) is 29.8 Å². The van der Waals surface area contributed by atoms with E-state index in [0.29, 0.717) is 31.4 Å². The highest BCUT2D eigenvalue weighted by molar-refractivity contribution is 8.00. The van der Waals surface area contributed by atoms with E-state index in [1.54, 1.807) is 11.8 Å². The number of hydrogen-bond acceptors (Lipinski definition) is 4. The summed E-state index contributed by atoms with van der Waals surface area (Å²) in [6.07, 6.45) is 2.01. The summed E-state index contributed by atoms with van der Waals surface area (Å²) >= 11 is 1.71. The van der Waals surface area contributed by atoms with Gasteiger partial charge in [0.1, 0.15) is 0 Å². The van der Waals surface area contributed by atoms with Crippen LogP contribution in [0.4, 0.5) is 0 Å². The fourth-order valence-corrected chi connectivity index (χ4v) is 4.89. The van der Waals surface area contributed by atoms with Crippen LogP contribution < -0.4 is 0 Å². The number of ether oxygens (including phenoxy) is 1. The van der Waals surface area contributed by atoms with Crippen molar-refractivity contribution >= 4 is 23.6 Å². The maximum absolute atomic E-state index is 13.0. The molecule has 26 heavy (non-hydrogen) atoms. The number of carboxylic acids is 1. The molecule has 2 atom stereocenters. The van der Waals surface area contributed by atoms with Crippen LogP contribution in [-0.4, -0.2) is 52.9 Å². The van der Waals surface area contributed by atoms with Crippen LogP contribution in [-0.2, 0) is 9.53 Å². The minimum Gasteiger partial charge on any atom is -0.481 e. The molecule has 5 nitrogen and oxygen atoms in total. The highest BCUT2D eigenvalue weighted by Gasteiger charge is 2.40. The molecule has 1 aromatic carbocycles. The topological polar surface area (TPSA) is 66.8 Å². The molecule has 1 unspecified atom stereocenters. The van der Waals surface area contributed by atoms with E-state index in [2.05, 4.69) is 13.8 Å². The Morgan fingerprint density at radius 3 is 2.54 bits per heavy atom. The molecule has 2 aliphatic rings. The van der Waals surface area contributed by atoms with Crippen molar-refractivity contribution in [1.82, 2.24) is 4.90 Å². The number of nitrogens with zero attached hydrogens (tertiary/aromatic N) is 1. The van der Waals surface area contributed by atoms with Crippen LogP contribution in [0, 0.1) is 11.8 Å².